The van der Waals surface area contributed by atoms with Crippen LogP contribution in [-0.4, -0.2) is 96.8 Å². The molecule has 0 bridgehead atoms. The number of hydrogen-bond acceptors (Lipinski definition) is 7. The fraction of sp³-hybridized carbons (Fsp3) is 0.735. The first kappa shape index (κ1) is 34.5. The molecule has 0 unspecified atom stereocenters. The lowest BCUT2D eigenvalue weighted by Gasteiger charge is -2.46. The molecule has 1 aromatic rings. The van der Waals surface area contributed by atoms with Crippen LogP contribution in [-0.2, 0) is 30.9 Å². The number of ether oxygens (including phenoxy) is 2. The quantitative estimate of drug-likeness (QED) is 0.460. The van der Waals surface area contributed by atoms with Crippen molar-refractivity contribution in [2.24, 2.45) is 11.3 Å². The molecular weight excluding hydrogens is 608 g/mol. The predicted molar refractivity (Wildman–Crippen MR) is 174 cm³/mol. The van der Waals surface area contributed by atoms with Crippen LogP contribution in [0.1, 0.15) is 90.5 Å². The van der Waals surface area contributed by atoms with Crippen molar-refractivity contribution in [3.63, 3.8) is 0 Å². The summed E-state index contributed by atoms with van der Waals surface area (Å²) in [4.78, 5) is 41.9. The van der Waals surface area contributed by atoms with Crippen molar-refractivity contribution in [3.8, 4) is 0 Å². The maximum atomic E-state index is 13.5. The van der Waals surface area contributed by atoms with Crippen LogP contribution in [0.15, 0.2) is 30.3 Å². The average Bonchev–Trinajstić information content (AvgIpc) is 3.04. The SMILES string of the molecule is CC(C)(C)OC(=O)N1CCC2(CCC(C(=O)N3CCC(S(=O)(=O)N4CCC(NC(=O)OCc5ccccc5)CC4)CC3)CC2)CC1. The number of rotatable bonds is 6. The van der Waals surface area contributed by atoms with E-state index in [9.17, 15) is 22.8 Å². The van der Waals surface area contributed by atoms with E-state index < -0.39 is 27.0 Å². The molecule has 1 aromatic carbocycles. The maximum absolute atomic E-state index is 13.5. The number of nitrogens with one attached hydrogen (secondary N) is 1. The Morgan fingerprint density at radius 1 is 0.826 bits per heavy atom. The molecule has 12 heteroatoms. The Balaban J connectivity index is 1.00. The van der Waals surface area contributed by atoms with Gasteiger partial charge < -0.3 is 24.6 Å². The maximum Gasteiger partial charge on any atom is 0.410 e. The Bertz CT molecular complexity index is 1300. The van der Waals surface area contributed by atoms with Crippen LogP contribution in [0.4, 0.5) is 9.59 Å². The highest BCUT2D eigenvalue weighted by Crippen LogP contribution is 2.47. The average molecular weight is 661 g/mol. The van der Waals surface area contributed by atoms with Crippen LogP contribution >= 0.6 is 0 Å². The minimum absolute atomic E-state index is 0.00595. The van der Waals surface area contributed by atoms with Crippen LogP contribution in [0.3, 0.4) is 0 Å². The number of nitrogens with zero attached hydrogens (tertiary/aromatic N) is 3. The summed E-state index contributed by atoms with van der Waals surface area (Å²) in [5.74, 6) is 0.163. The molecule has 0 atom stereocenters. The Labute approximate surface area is 274 Å². The zero-order valence-electron chi connectivity index (χ0n) is 27.7. The van der Waals surface area contributed by atoms with Crippen molar-refractivity contribution in [2.45, 2.75) is 108 Å². The standard InChI is InChI=1S/C34H52N4O7S/c1-33(2,3)45-32(41)37-23-17-34(18-24-37)15-9-27(10-16-34)30(39)36-19-13-29(14-20-36)46(42,43)38-21-11-28(12-22-38)35-31(40)44-25-26-7-5-4-6-8-26/h4-8,27-29H,9-25H2,1-3H3,(H,35,40). The second-order valence-electron chi connectivity index (χ2n) is 14.7. The summed E-state index contributed by atoms with van der Waals surface area (Å²) in [5.41, 5.74) is 0.606. The van der Waals surface area contributed by atoms with Gasteiger partial charge in [-0.2, -0.15) is 0 Å². The van der Waals surface area contributed by atoms with E-state index in [1.807, 2.05) is 60.9 Å². The van der Waals surface area contributed by atoms with Gasteiger partial charge in [0.15, 0.2) is 0 Å². The minimum Gasteiger partial charge on any atom is -0.445 e. The Kier molecular flexibility index (Phi) is 10.9. The molecule has 46 heavy (non-hydrogen) atoms. The van der Waals surface area contributed by atoms with Crippen LogP contribution in [0, 0.1) is 11.3 Å². The van der Waals surface area contributed by atoms with Gasteiger partial charge in [-0.05, 0) is 96.0 Å². The summed E-state index contributed by atoms with van der Waals surface area (Å²) in [6, 6.07) is 9.35. The second kappa shape index (κ2) is 14.5. The Morgan fingerprint density at radius 2 is 1.43 bits per heavy atom. The number of sulfonamides is 1. The molecule has 4 aliphatic rings. The van der Waals surface area contributed by atoms with E-state index >= 15 is 0 Å². The molecule has 11 nitrogen and oxygen atoms in total. The third-order valence-electron chi connectivity index (χ3n) is 10.4. The van der Waals surface area contributed by atoms with Gasteiger partial charge in [-0.1, -0.05) is 30.3 Å². The molecule has 0 radical (unpaired) electrons. The number of carbonyl (C=O) groups excluding carboxylic acids is 3. The summed E-state index contributed by atoms with van der Waals surface area (Å²) in [7, 11) is -3.48. The summed E-state index contributed by atoms with van der Waals surface area (Å²) in [6.07, 6.45) is 6.84. The van der Waals surface area contributed by atoms with Crippen molar-refractivity contribution in [2.75, 3.05) is 39.3 Å². The van der Waals surface area contributed by atoms with Gasteiger partial charge >= 0.3 is 12.2 Å². The molecule has 1 spiro atoms. The van der Waals surface area contributed by atoms with E-state index in [2.05, 4.69) is 5.32 Å². The van der Waals surface area contributed by atoms with Crippen molar-refractivity contribution >= 4 is 28.1 Å². The molecule has 3 amide bonds. The van der Waals surface area contributed by atoms with Gasteiger partial charge in [0, 0.05) is 51.2 Å². The van der Waals surface area contributed by atoms with E-state index in [4.69, 9.17) is 9.47 Å². The van der Waals surface area contributed by atoms with Crippen LogP contribution < -0.4 is 5.32 Å². The molecule has 1 N–H and O–H groups in total. The smallest absolute Gasteiger partial charge is 0.410 e. The molecule has 1 aliphatic carbocycles. The van der Waals surface area contributed by atoms with Crippen molar-refractivity contribution in [1.82, 2.24) is 19.4 Å². The van der Waals surface area contributed by atoms with Crippen LogP contribution in [0.2, 0.25) is 0 Å². The fourth-order valence-electron chi connectivity index (χ4n) is 7.50. The Morgan fingerprint density at radius 3 is 2.02 bits per heavy atom. The van der Waals surface area contributed by atoms with E-state index in [1.165, 1.54) is 0 Å². The number of amides is 3. The summed E-state index contributed by atoms with van der Waals surface area (Å²) < 4.78 is 39.4. The number of alkyl carbamates (subject to hydrolysis) is 1. The summed E-state index contributed by atoms with van der Waals surface area (Å²) in [6.45, 7) is 8.92. The number of likely N-dealkylation sites (tertiary alicyclic amines) is 2. The highest BCUT2D eigenvalue weighted by Gasteiger charge is 2.43. The zero-order chi connectivity index (χ0) is 33.0. The van der Waals surface area contributed by atoms with Gasteiger partial charge in [-0.25, -0.2) is 22.3 Å². The zero-order valence-corrected chi connectivity index (χ0v) is 28.6. The lowest BCUT2D eigenvalue weighted by atomic mass is 9.65. The monoisotopic (exact) mass is 660 g/mol. The van der Waals surface area contributed by atoms with E-state index in [0.717, 1.165) is 44.1 Å². The topological polar surface area (TPSA) is 126 Å². The summed E-state index contributed by atoms with van der Waals surface area (Å²) >= 11 is 0. The van der Waals surface area contributed by atoms with Gasteiger partial charge in [-0.15, -0.1) is 0 Å². The molecule has 1 saturated carbocycles. The van der Waals surface area contributed by atoms with Gasteiger partial charge in [0.1, 0.15) is 12.2 Å². The summed E-state index contributed by atoms with van der Waals surface area (Å²) in [5, 5.41) is 2.39. The van der Waals surface area contributed by atoms with Crippen molar-refractivity contribution in [1.29, 1.82) is 0 Å². The molecule has 3 aliphatic heterocycles. The first-order valence-electron chi connectivity index (χ1n) is 17.1. The second-order valence-corrected chi connectivity index (χ2v) is 16.9. The van der Waals surface area contributed by atoms with Gasteiger partial charge in [-0.3, -0.25) is 4.79 Å². The number of piperidine rings is 3. The van der Waals surface area contributed by atoms with Crippen LogP contribution in [0.25, 0.3) is 0 Å². The van der Waals surface area contributed by atoms with E-state index in [-0.39, 0.29) is 36.0 Å². The van der Waals surface area contributed by atoms with Crippen LogP contribution in [0.5, 0.6) is 0 Å². The normalized spacial score (nSPS) is 22.4. The molecule has 256 valence electrons. The van der Waals surface area contributed by atoms with E-state index in [1.54, 1.807) is 4.31 Å². The largest absolute Gasteiger partial charge is 0.445 e. The first-order chi connectivity index (χ1) is 21.8. The first-order valence-corrected chi connectivity index (χ1v) is 18.6. The molecule has 3 heterocycles. The highest BCUT2D eigenvalue weighted by atomic mass is 32.2. The van der Waals surface area contributed by atoms with Crippen molar-refractivity contribution < 1.29 is 32.3 Å². The fourth-order valence-corrected chi connectivity index (χ4v) is 9.44. The minimum atomic E-state index is -3.48. The lowest BCUT2D eigenvalue weighted by molar-refractivity contribution is -0.138. The molecule has 5 rings (SSSR count). The molecule has 3 saturated heterocycles. The Hall–Kier alpha value is -2.86. The predicted octanol–water partition coefficient (Wildman–Crippen LogP) is 4.91. The van der Waals surface area contributed by atoms with Gasteiger partial charge in [0.25, 0.3) is 0 Å². The third kappa shape index (κ3) is 8.73. The van der Waals surface area contributed by atoms with Gasteiger partial charge in [0.05, 0.1) is 5.25 Å². The third-order valence-corrected chi connectivity index (χ3v) is 12.8. The number of carbonyl (C=O) groups is 3. The number of benzene rings is 1. The van der Waals surface area contributed by atoms with E-state index in [0.29, 0.717) is 65.0 Å². The molecular formula is C34H52N4O7S. The highest BCUT2D eigenvalue weighted by molar-refractivity contribution is 7.89. The van der Waals surface area contributed by atoms with Gasteiger partial charge in [0.2, 0.25) is 15.9 Å². The lowest BCUT2D eigenvalue weighted by Crippen LogP contribution is -2.52. The molecule has 0 aromatic heterocycles. The number of hydrogen-bond donors (Lipinski definition) is 1. The molecule has 4 fully saturated rings. The van der Waals surface area contributed by atoms with Crippen molar-refractivity contribution in [3.05, 3.63) is 35.9 Å².